The summed E-state index contributed by atoms with van der Waals surface area (Å²) < 4.78 is 129. The van der Waals surface area contributed by atoms with Crippen LogP contribution in [0.5, 0.6) is 0 Å². The van der Waals surface area contributed by atoms with Gasteiger partial charge in [0.25, 0.3) is 0 Å². The molecule has 1 aromatic heterocycles. The second kappa shape index (κ2) is 14.6. The van der Waals surface area contributed by atoms with E-state index in [1.54, 1.807) is 4.57 Å². The summed E-state index contributed by atoms with van der Waals surface area (Å²) in [5.74, 6) is -0.260. The molecule has 0 saturated carbocycles. The molecule has 1 rings (SSSR count). The molecule has 0 aliphatic carbocycles. The van der Waals surface area contributed by atoms with Gasteiger partial charge in [-0.15, -0.1) is 0 Å². The quantitative estimate of drug-likeness (QED) is 0.153. The molecule has 0 aromatic carbocycles. The number of halogens is 6. The first-order chi connectivity index (χ1) is 15.9. The molecule has 19 heteroatoms. The molecule has 0 unspecified atom stereocenters. The van der Waals surface area contributed by atoms with E-state index >= 15 is 0 Å². The van der Waals surface area contributed by atoms with Gasteiger partial charge in [-0.05, 0) is 6.42 Å². The highest BCUT2D eigenvalue weighted by molar-refractivity contribution is 8.13. The lowest BCUT2D eigenvalue weighted by Gasteiger charge is -2.22. The number of hydrogen-bond acceptors (Lipinski definition) is 8. The molecule has 0 atom stereocenters. The van der Waals surface area contributed by atoms with Crippen molar-refractivity contribution in [2.45, 2.75) is 37.3 Å². The standard InChI is InChI=1S/C14H25N2O4.C2F6NO4S2/c1-3-4-7-18-8-9-19-10-11-20-14(17)12-16-6-5-15(2)13-16;3-1(4,5)14(10,11)9-15(12,13)2(6,7)8/h5-6,13H,3-4,7-12H2,1-2H3;/q+1;-1. The van der Waals surface area contributed by atoms with E-state index in [1.165, 1.54) is 0 Å². The number of aromatic nitrogens is 2. The number of carbonyl (C=O) groups is 1. The molecule has 0 radical (unpaired) electrons. The molecule has 0 bridgehead atoms. The van der Waals surface area contributed by atoms with Gasteiger partial charge >= 0.3 is 17.0 Å². The zero-order valence-electron chi connectivity index (χ0n) is 18.6. The van der Waals surface area contributed by atoms with E-state index in [-0.39, 0.29) is 19.1 Å². The number of ether oxygens (including phenoxy) is 3. The van der Waals surface area contributed by atoms with Gasteiger partial charge in [0.05, 0.1) is 26.9 Å². The van der Waals surface area contributed by atoms with Crippen LogP contribution in [0.25, 0.3) is 4.13 Å². The van der Waals surface area contributed by atoms with Crippen molar-refractivity contribution in [1.82, 2.24) is 4.57 Å². The molecule has 0 spiro atoms. The van der Waals surface area contributed by atoms with Crippen LogP contribution >= 0.6 is 0 Å². The van der Waals surface area contributed by atoms with Gasteiger partial charge in [-0.25, -0.2) is 30.8 Å². The maximum absolute atomic E-state index is 11.5. The largest absolute Gasteiger partial charge is 0.480 e. The van der Waals surface area contributed by atoms with Crippen LogP contribution in [0.2, 0.25) is 0 Å². The second-order valence-corrected chi connectivity index (χ2v) is 9.89. The summed E-state index contributed by atoms with van der Waals surface area (Å²) in [5, 5.41) is 0. The topological polar surface area (TPSA) is 136 Å². The highest BCUT2D eigenvalue weighted by atomic mass is 32.3. The zero-order chi connectivity index (χ0) is 27.3. The lowest BCUT2D eigenvalue weighted by atomic mass is 10.4. The number of sulfonamides is 2. The Labute approximate surface area is 198 Å². The smallest absolute Gasteiger partial charge is 0.460 e. The lowest BCUT2D eigenvalue weighted by Crippen LogP contribution is -2.30. The molecule has 0 amide bonds. The van der Waals surface area contributed by atoms with Gasteiger partial charge in [0.15, 0.2) is 26.6 Å². The predicted octanol–water partition coefficient (Wildman–Crippen LogP) is 1.75. The van der Waals surface area contributed by atoms with Gasteiger partial charge in [-0.1, -0.05) is 13.3 Å². The zero-order valence-corrected chi connectivity index (χ0v) is 20.2. The maximum atomic E-state index is 11.5. The SMILES string of the molecule is CCCCOCCOCCOC(=O)Cn1cc[n+](C)c1.O=S(=O)([N-]S(=O)(=O)C(F)(F)F)C(F)(F)F. The summed E-state index contributed by atoms with van der Waals surface area (Å²) in [6.07, 6.45) is 7.73. The van der Waals surface area contributed by atoms with Gasteiger partial charge in [0, 0.05) is 6.61 Å². The number of aryl methyl sites for hydroxylation is 1. The summed E-state index contributed by atoms with van der Waals surface area (Å²) in [5.41, 5.74) is -12.4. The van der Waals surface area contributed by atoms with Crippen molar-refractivity contribution in [2.75, 3.05) is 33.0 Å². The predicted molar refractivity (Wildman–Crippen MR) is 106 cm³/mol. The minimum absolute atomic E-state index is 0.223. The number of imidazole rings is 1. The molecule has 35 heavy (non-hydrogen) atoms. The molecule has 0 fully saturated rings. The second-order valence-electron chi connectivity index (χ2n) is 6.47. The third-order valence-electron chi connectivity index (χ3n) is 3.42. The fraction of sp³-hybridized carbons (Fsp3) is 0.750. The highest BCUT2D eigenvalue weighted by Gasteiger charge is 2.46. The molecule has 0 saturated heterocycles. The average Bonchev–Trinajstić information content (AvgIpc) is 3.09. The molecule has 0 aliphatic heterocycles. The molecule has 0 aliphatic rings. The number of rotatable bonds is 13. The van der Waals surface area contributed by atoms with E-state index in [1.807, 2.05) is 30.3 Å². The van der Waals surface area contributed by atoms with Crippen LogP contribution in [-0.2, 0) is 52.6 Å². The third-order valence-corrected chi connectivity index (χ3v) is 6.16. The first-order valence-electron chi connectivity index (χ1n) is 9.62. The van der Waals surface area contributed by atoms with E-state index in [0.717, 1.165) is 23.6 Å². The van der Waals surface area contributed by atoms with Crippen molar-refractivity contribution in [3.8, 4) is 0 Å². The van der Waals surface area contributed by atoms with E-state index in [9.17, 15) is 48.0 Å². The van der Waals surface area contributed by atoms with Crippen LogP contribution in [0.4, 0.5) is 26.3 Å². The Morgan fingerprint density at radius 1 is 0.914 bits per heavy atom. The third kappa shape index (κ3) is 13.6. The number of esters is 1. The van der Waals surface area contributed by atoms with E-state index < -0.39 is 31.1 Å². The van der Waals surface area contributed by atoms with Crippen molar-refractivity contribution < 1.29 is 66.8 Å². The fourth-order valence-electron chi connectivity index (χ4n) is 1.79. The molecule has 1 heterocycles. The molecule has 206 valence electrons. The summed E-state index contributed by atoms with van der Waals surface area (Å²) in [4.78, 5) is 11.5. The monoisotopic (exact) mass is 565 g/mol. The summed E-state index contributed by atoms with van der Waals surface area (Å²) in [6, 6.07) is 0. The molecule has 0 N–H and O–H groups in total. The minimum Gasteiger partial charge on any atom is -0.460 e. The Kier molecular flexibility index (Phi) is 13.7. The Balaban J connectivity index is 0.000000691. The van der Waals surface area contributed by atoms with Crippen LogP contribution in [0.15, 0.2) is 18.7 Å². The van der Waals surface area contributed by atoms with Crippen LogP contribution in [-0.4, -0.2) is 71.4 Å². The number of unbranched alkanes of at least 4 members (excludes halogenated alkanes) is 1. The number of carbonyl (C=O) groups excluding carboxylic acids is 1. The average molecular weight is 566 g/mol. The molecular weight excluding hydrogens is 540 g/mol. The maximum Gasteiger partial charge on any atom is 0.480 e. The summed E-state index contributed by atoms with van der Waals surface area (Å²) in [6.45, 7) is 4.94. The van der Waals surface area contributed by atoms with Crippen LogP contribution < -0.4 is 4.57 Å². The number of alkyl halides is 6. The van der Waals surface area contributed by atoms with E-state index in [4.69, 9.17) is 14.2 Å². The molecule has 1 aromatic rings. The normalized spacial score (nSPS) is 12.7. The van der Waals surface area contributed by atoms with Crippen LogP contribution in [0.1, 0.15) is 19.8 Å². The molecule has 11 nitrogen and oxygen atoms in total. The Bertz CT molecular complexity index is 936. The van der Waals surface area contributed by atoms with Crippen LogP contribution in [0.3, 0.4) is 0 Å². The van der Waals surface area contributed by atoms with Gasteiger partial charge in [-0.2, -0.15) is 26.3 Å². The number of nitrogens with zero attached hydrogens (tertiary/aromatic N) is 3. The number of hydrogen-bond donors (Lipinski definition) is 0. The van der Waals surface area contributed by atoms with Gasteiger partial charge in [0.1, 0.15) is 19.0 Å². The van der Waals surface area contributed by atoms with E-state index in [0.29, 0.717) is 19.8 Å². The molecular formula is C16H25F6N3O8S2. The lowest BCUT2D eigenvalue weighted by molar-refractivity contribution is -0.671. The Morgan fingerprint density at radius 2 is 1.40 bits per heavy atom. The highest BCUT2D eigenvalue weighted by Crippen LogP contribution is 2.36. The van der Waals surface area contributed by atoms with Gasteiger partial charge in [-0.3, -0.25) is 0 Å². The minimum atomic E-state index is -6.72. The fourth-order valence-corrected chi connectivity index (χ4v) is 3.50. The van der Waals surface area contributed by atoms with Crippen LogP contribution in [0, 0.1) is 0 Å². The Hall–Kier alpha value is -1.96. The van der Waals surface area contributed by atoms with Crippen molar-refractivity contribution in [3.63, 3.8) is 0 Å². The first kappa shape index (κ1) is 33.0. The summed E-state index contributed by atoms with van der Waals surface area (Å²) >= 11 is 0. The van der Waals surface area contributed by atoms with Crippen molar-refractivity contribution in [2.24, 2.45) is 7.05 Å². The Morgan fingerprint density at radius 3 is 1.83 bits per heavy atom. The van der Waals surface area contributed by atoms with Gasteiger partial charge < -0.3 is 18.3 Å². The van der Waals surface area contributed by atoms with Crippen molar-refractivity contribution >= 4 is 26.0 Å². The first-order valence-corrected chi connectivity index (χ1v) is 12.5. The summed E-state index contributed by atoms with van der Waals surface area (Å²) in [7, 11) is -11.5. The van der Waals surface area contributed by atoms with Gasteiger partial charge in [0.2, 0.25) is 6.33 Å². The van der Waals surface area contributed by atoms with E-state index in [2.05, 4.69) is 6.92 Å². The van der Waals surface area contributed by atoms with Crippen molar-refractivity contribution in [1.29, 1.82) is 0 Å². The van der Waals surface area contributed by atoms with Crippen molar-refractivity contribution in [3.05, 3.63) is 22.8 Å².